The Hall–Kier alpha value is -1.88. The number of hydrogen-bond acceptors (Lipinski definition) is 3. The summed E-state index contributed by atoms with van der Waals surface area (Å²) in [6.07, 6.45) is 8.28. The van der Waals surface area contributed by atoms with Crippen molar-refractivity contribution < 1.29 is 9.59 Å². The normalized spacial score (nSPS) is 18.6. The molecule has 2 amide bonds. The number of anilines is 1. The summed E-state index contributed by atoms with van der Waals surface area (Å²) in [7, 11) is 0. The van der Waals surface area contributed by atoms with Gasteiger partial charge in [-0.25, -0.2) is 0 Å². The van der Waals surface area contributed by atoms with E-state index < -0.39 is 0 Å². The van der Waals surface area contributed by atoms with E-state index in [4.69, 9.17) is 0 Å². The van der Waals surface area contributed by atoms with Gasteiger partial charge in [0.05, 0.1) is 6.54 Å². The molecule has 2 aliphatic rings. The molecule has 0 spiro atoms. The molecule has 1 saturated heterocycles. The number of benzene rings is 1. The number of hydrogen-bond donors (Lipinski definition) is 2. The number of likely N-dealkylation sites (tertiary alicyclic amines) is 1. The zero-order chi connectivity index (χ0) is 16.8. The molecular formula is C19H27N3O2. The molecule has 1 aliphatic heterocycles. The molecule has 2 N–H and O–H groups in total. The number of carbonyl (C=O) groups is 2. The Bertz CT molecular complexity index is 576. The summed E-state index contributed by atoms with van der Waals surface area (Å²) in [6, 6.07) is 7.72. The molecule has 5 heteroatoms. The zero-order valence-electron chi connectivity index (χ0n) is 14.2. The minimum absolute atomic E-state index is 0.0497. The molecule has 0 bridgehead atoms. The second kappa shape index (κ2) is 8.29. The van der Waals surface area contributed by atoms with Crippen molar-refractivity contribution in [3.63, 3.8) is 0 Å². The highest BCUT2D eigenvalue weighted by Gasteiger charge is 2.20. The maximum absolute atomic E-state index is 12.4. The molecule has 1 aliphatic carbocycles. The highest BCUT2D eigenvalue weighted by atomic mass is 16.2. The van der Waals surface area contributed by atoms with E-state index in [-0.39, 0.29) is 11.8 Å². The predicted molar refractivity (Wildman–Crippen MR) is 95.1 cm³/mol. The van der Waals surface area contributed by atoms with Crippen molar-refractivity contribution in [2.24, 2.45) is 0 Å². The molecule has 5 nitrogen and oxygen atoms in total. The Morgan fingerprint density at radius 2 is 1.79 bits per heavy atom. The zero-order valence-corrected chi connectivity index (χ0v) is 14.2. The van der Waals surface area contributed by atoms with Gasteiger partial charge in [-0.3, -0.25) is 9.59 Å². The van der Waals surface area contributed by atoms with Gasteiger partial charge in [0, 0.05) is 30.4 Å². The van der Waals surface area contributed by atoms with Crippen LogP contribution in [0.2, 0.25) is 0 Å². The van der Waals surface area contributed by atoms with Crippen LogP contribution in [0.4, 0.5) is 5.69 Å². The SMILES string of the molecule is O=C(CNC1CCCCC1)Nc1cccc(C(=O)N2CCCC2)c1. The largest absolute Gasteiger partial charge is 0.339 e. The van der Waals surface area contributed by atoms with Gasteiger partial charge in [0.1, 0.15) is 0 Å². The summed E-state index contributed by atoms with van der Waals surface area (Å²) in [6.45, 7) is 2.00. The van der Waals surface area contributed by atoms with Crippen molar-refractivity contribution in [1.29, 1.82) is 0 Å². The Balaban J connectivity index is 1.51. The van der Waals surface area contributed by atoms with Crippen molar-refractivity contribution in [2.75, 3.05) is 25.0 Å². The van der Waals surface area contributed by atoms with Crippen LogP contribution >= 0.6 is 0 Å². The lowest BCUT2D eigenvalue weighted by molar-refractivity contribution is -0.115. The first-order valence-electron chi connectivity index (χ1n) is 9.15. The summed E-state index contributed by atoms with van der Waals surface area (Å²) in [5.41, 5.74) is 1.34. The molecule has 0 aromatic heterocycles. The van der Waals surface area contributed by atoms with Gasteiger partial charge in [-0.05, 0) is 43.9 Å². The molecule has 2 fully saturated rings. The van der Waals surface area contributed by atoms with Crippen molar-refractivity contribution >= 4 is 17.5 Å². The van der Waals surface area contributed by atoms with Crippen molar-refractivity contribution in [3.8, 4) is 0 Å². The van der Waals surface area contributed by atoms with Crippen LogP contribution in [0.3, 0.4) is 0 Å². The molecular weight excluding hydrogens is 302 g/mol. The fourth-order valence-corrected chi connectivity index (χ4v) is 3.58. The van der Waals surface area contributed by atoms with E-state index in [9.17, 15) is 9.59 Å². The first-order chi connectivity index (χ1) is 11.7. The second-order valence-electron chi connectivity index (χ2n) is 6.84. The molecule has 1 saturated carbocycles. The van der Waals surface area contributed by atoms with Gasteiger partial charge in [-0.15, -0.1) is 0 Å². The van der Waals surface area contributed by atoms with Crippen LogP contribution in [-0.4, -0.2) is 42.4 Å². The van der Waals surface area contributed by atoms with Crippen LogP contribution in [0.5, 0.6) is 0 Å². The van der Waals surface area contributed by atoms with Gasteiger partial charge in [-0.2, -0.15) is 0 Å². The number of nitrogens with one attached hydrogen (secondary N) is 2. The van der Waals surface area contributed by atoms with E-state index in [0.717, 1.165) is 38.8 Å². The molecule has 130 valence electrons. The molecule has 0 atom stereocenters. The topological polar surface area (TPSA) is 61.4 Å². The van der Waals surface area contributed by atoms with Gasteiger partial charge in [0.15, 0.2) is 0 Å². The monoisotopic (exact) mass is 329 g/mol. The van der Waals surface area contributed by atoms with E-state index in [2.05, 4.69) is 10.6 Å². The molecule has 1 heterocycles. The lowest BCUT2D eigenvalue weighted by atomic mass is 9.95. The standard InChI is InChI=1S/C19H27N3O2/c23-18(14-20-16-8-2-1-3-9-16)21-17-10-6-7-15(13-17)19(24)22-11-4-5-12-22/h6-7,10,13,16,20H,1-5,8-9,11-12,14H2,(H,21,23). The number of amides is 2. The second-order valence-corrected chi connectivity index (χ2v) is 6.84. The van der Waals surface area contributed by atoms with Gasteiger partial charge < -0.3 is 15.5 Å². The first kappa shape index (κ1) is 17.0. The van der Waals surface area contributed by atoms with E-state index in [0.29, 0.717) is 23.8 Å². The number of carbonyl (C=O) groups excluding carboxylic acids is 2. The summed E-state index contributed by atoms with van der Waals surface area (Å²) in [5, 5.41) is 6.23. The maximum atomic E-state index is 12.4. The fraction of sp³-hybridized carbons (Fsp3) is 0.579. The third-order valence-electron chi connectivity index (χ3n) is 4.94. The van der Waals surface area contributed by atoms with Gasteiger partial charge in [0.25, 0.3) is 5.91 Å². The van der Waals surface area contributed by atoms with Crippen LogP contribution < -0.4 is 10.6 Å². The van der Waals surface area contributed by atoms with Gasteiger partial charge in [0.2, 0.25) is 5.91 Å². The average molecular weight is 329 g/mol. The van der Waals surface area contributed by atoms with E-state index >= 15 is 0 Å². The average Bonchev–Trinajstić information content (AvgIpc) is 3.15. The highest BCUT2D eigenvalue weighted by molar-refractivity contribution is 5.97. The molecule has 3 rings (SSSR count). The summed E-state index contributed by atoms with van der Waals surface area (Å²) >= 11 is 0. The van der Waals surface area contributed by atoms with Crippen molar-refractivity contribution in [2.45, 2.75) is 51.0 Å². The third kappa shape index (κ3) is 4.57. The summed E-state index contributed by atoms with van der Waals surface area (Å²) in [4.78, 5) is 26.4. The summed E-state index contributed by atoms with van der Waals surface area (Å²) in [5.74, 6) is 0.00951. The first-order valence-corrected chi connectivity index (χ1v) is 9.15. The smallest absolute Gasteiger partial charge is 0.253 e. The van der Waals surface area contributed by atoms with E-state index in [1.807, 2.05) is 23.1 Å². The van der Waals surface area contributed by atoms with Gasteiger partial charge in [-0.1, -0.05) is 25.3 Å². The van der Waals surface area contributed by atoms with Crippen LogP contribution in [0.15, 0.2) is 24.3 Å². The Kier molecular flexibility index (Phi) is 5.86. The van der Waals surface area contributed by atoms with Crippen LogP contribution in [-0.2, 0) is 4.79 Å². The van der Waals surface area contributed by atoms with Crippen molar-refractivity contribution in [1.82, 2.24) is 10.2 Å². The quantitative estimate of drug-likeness (QED) is 0.873. The minimum Gasteiger partial charge on any atom is -0.339 e. The third-order valence-corrected chi connectivity index (χ3v) is 4.94. The lowest BCUT2D eigenvalue weighted by Gasteiger charge is -2.22. The molecule has 1 aromatic rings. The van der Waals surface area contributed by atoms with Crippen LogP contribution in [0.1, 0.15) is 55.3 Å². The van der Waals surface area contributed by atoms with Gasteiger partial charge >= 0.3 is 0 Å². The molecule has 0 unspecified atom stereocenters. The minimum atomic E-state index is -0.0497. The van der Waals surface area contributed by atoms with E-state index in [1.54, 1.807) is 6.07 Å². The fourth-order valence-electron chi connectivity index (χ4n) is 3.58. The lowest BCUT2D eigenvalue weighted by Crippen LogP contribution is -2.37. The Morgan fingerprint density at radius 1 is 1.04 bits per heavy atom. The summed E-state index contributed by atoms with van der Waals surface area (Å²) < 4.78 is 0. The van der Waals surface area contributed by atoms with Crippen LogP contribution in [0.25, 0.3) is 0 Å². The number of rotatable bonds is 5. The van der Waals surface area contributed by atoms with Crippen molar-refractivity contribution in [3.05, 3.63) is 29.8 Å². The number of nitrogens with zero attached hydrogens (tertiary/aromatic N) is 1. The molecule has 24 heavy (non-hydrogen) atoms. The Morgan fingerprint density at radius 3 is 2.54 bits per heavy atom. The van der Waals surface area contributed by atoms with E-state index in [1.165, 1.54) is 19.3 Å². The molecule has 0 radical (unpaired) electrons. The highest BCUT2D eigenvalue weighted by Crippen LogP contribution is 2.18. The van der Waals surface area contributed by atoms with Crippen LogP contribution in [0, 0.1) is 0 Å². The predicted octanol–water partition coefficient (Wildman–Crippen LogP) is 2.78. The molecule has 1 aromatic carbocycles. The Labute approximate surface area is 143 Å². The maximum Gasteiger partial charge on any atom is 0.253 e.